The number of thiophene rings is 1. The predicted octanol–water partition coefficient (Wildman–Crippen LogP) is 1.69. The van der Waals surface area contributed by atoms with Gasteiger partial charge >= 0.3 is 0 Å². The first kappa shape index (κ1) is 11.0. The van der Waals surface area contributed by atoms with Crippen LogP contribution in [0.2, 0.25) is 0 Å². The largest absolute Gasteiger partial charge is 0.370 e. The quantitative estimate of drug-likeness (QED) is 0.610. The Labute approximate surface area is 89.3 Å². The molecule has 1 aromatic rings. The molecular weight excluding hydrogens is 194 g/mol. The van der Waals surface area contributed by atoms with Crippen LogP contribution in [0.1, 0.15) is 16.7 Å². The van der Waals surface area contributed by atoms with E-state index in [1.54, 1.807) is 11.3 Å². The molecule has 4 heteroatoms. The average Bonchev–Trinajstić information content (AvgIpc) is 2.61. The second kappa shape index (κ2) is 5.00. The van der Waals surface area contributed by atoms with Gasteiger partial charge in [-0.25, -0.2) is 4.99 Å². The molecule has 0 aliphatic rings. The van der Waals surface area contributed by atoms with Crippen molar-refractivity contribution in [2.75, 3.05) is 14.1 Å². The maximum atomic E-state index is 5.68. The van der Waals surface area contributed by atoms with Gasteiger partial charge in [0.15, 0.2) is 5.96 Å². The lowest BCUT2D eigenvalue weighted by atomic mass is 10.4. The molecule has 0 spiro atoms. The second-order valence-electron chi connectivity index (χ2n) is 3.29. The molecule has 0 atom stereocenters. The molecular formula is C10H17N3S. The standard InChI is InChI=1S/C10H17N3S/c1-4-8-5-6-9(14-8)7-12-10(11)13(2)3/h5-6H,4,7H2,1-3H3,(H2,11,12). The molecule has 0 saturated carbocycles. The number of nitrogens with two attached hydrogens (primary N) is 1. The van der Waals surface area contributed by atoms with Crippen molar-refractivity contribution < 1.29 is 0 Å². The van der Waals surface area contributed by atoms with Crippen LogP contribution in [0.3, 0.4) is 0 Å². The fraction of sp³-hybridized carbons (Fsp3) is 0.500. The normalized spacial score (nSPS) is 11.8. The molecule has 1 aromatic heterocycles. The van der Waals surface area contributed by atoms with Gasteiger partial charge in [-0.1, -0.05) is 6.92 Å². The van der Waals surface area contributed by atoms with Crippen molar-refractivity contribution in [1.29, 1.82) is 0 Å². The minimum absolute atomic E-state index is 0.580. The van der Waals surface area contributed by atoms with Gasteiger partial charge in [-0.05, 0) is 18.6 Å². The summed E-state index contributed by atoms with van der Waals surface area (Å²) >= 11 is 1.81. The Hall–Kier alpha value is -1.03. The van der Waals surface area contributed by atoms with Gasteiger partial charge in [-0.15, -0.1) is 11.3 Å². The number of hydrogen-bond acceptors (Lipinski definition) is 2. The van der Waals surface area contributed by atoms with Crippen LogP contribution >= 0.6 is 11.3 Å². The summed E-state index contributed by atoms with van der Waals surface area (Å²) < 4.78 is 0. The van der Waals surface area contributed by atoms with E-state index in [0.717, 1.165) is 6.42 Å². The molecule has 0 bridgehead atoms. The number of nitrogens with zero attached hydrogens (tertiary/aromatic N) is 2. The summed E-state index contributed by atoms with van der Waals surface area (Å²) in [6, 6.07) is 4.28. The first-order chi connectivity index (χ1) is 6.63. The zero-order valence-corrected chi connectivity index (χ0v) is 9.77. The van der Waals surface area contributed by atoms with Crippen LogP contribution in [0.15, 0.2) is 17.1 Å². The lowest BCUT2D eigenvalue weighted by Gasteiger charge is -2.09. The van der Waals surface area contributed by atoms with Gasteiger partial charge in [-0.2, -0.15) is 0 Å². The van der Waals surface area contributed by atoms with Gasteiger partial charge < -0.3 is 10.6 Å². The van der Waals surface area contributed by atoms with Crippen LogP contribution in [0, 0.1) is 0 Å². The molecule has 0 aromatic carbocycles. The third kappa shape index (κ3) is 3.03. The van der Waals surface area contributed by atoms with Crippen LogP contribution in [0.25, 0.3) is 0 Å². The van der Waals surface area contributed by atoms with Crippen molar-refractivity contribution in [3.05, 3.63) is 21.9 Å². The Morgan fingerprint density at radius 2 is 2.07 bits per heavy atom. The molecule has 14 heavy (non-hydrogen) atoms. The summed E-state index contributed by atoms with van der Waals surface area (Å²) in [6.45, 7) is 2.85. The summed E-state index contributed by atoms with van der Waals surface area (Å²) in [5.41, 5.74) is 5.68. The lowest BCUT2D eigenvalue weighted by molar-refractivity contribution is 0.609. The number of aliphatic imine (C=N–C) groups is 1. The molecule has 0 radical (unpaired) electrons. The van der Waals surface area contributed by atoms with E-state index >= 15 is 0 Å². The van der Waals surface area contributed by atoms with E-state index < -0.39 is 0 Å². The second-order valence-corrected chi connectivity index (χ2v) is 4.54. The molecule has 1 heterocycles. The van der Waals surface area contributed by atoms with Crippen LogP contribution in [0.4, 0.5) is 0 Å². The van der Waals surface area contributed by atoms with Crippen molar-refractivity contribution in [3.63, 3.8) is 0 Å². The van der Waals surface area contributed by atoms with Crippen molar-refractivity contribution in [3.8, 4) is 0 Å². The minimum atomic E-state index is 0.580. The molecule has 2 N–H and O–H groups in total. The van der Waals surface area contributed by atoms with E-state index in [-0.39, 0.29) is 0 Å². The maximum Gasteiger partial charge on any atom is 0.191 e. The molecule has 0 aliphatic heterocycles. The molecule has 0 aliphatic carbocycles. The molecule has 0 unspecified atom stereocenters. The third-order valence-electron chi connectivity index (χ3n) is 1.92. The fourth-order valence-electron chi connectivity index (χ4n) is 0.998. The fourth-order valence-corrected chi connectivity index (χ4v) is 1.88. The van der Waals surface area contributed by atoms with E-state index in [4.69, 9.17) is 5.73 Å². The van der Waals surface area contributed by atoms with E-state index in [2.05, 4.69) is 24.0 Å². The topological polar surface area (TPSA) is 41.6 Å². The highest BCUT2D eigenvalue weighted by molar-refractivity contribution is 7.11. The lowest BCUT2D eigenvalue weighted by Crippen LogP contribution is -2.30. The van der Waals surface area contributed by atoms with Crippen LogP contribution in [-0.4, -0.2) is 25.0 Å². The van der Waals surface area contributed by atoms with E-state index in [9.17, 15) is 0 Å². The van der Waals surface area contributed by atoms with E-state index in [1.165, 1.54) is 9.75 Å². The monoisotopic (exact) mass is 211 g/mol. The van der Waals surface area contributed by atoms with Crippen molar-refractivity contribution in [2.45, 2.75) is 19.9 Å². The SMILES string of the molecule is CCc1ccc(CN=C(N)N(C)C)s1. The van der Waals surface area contributed by atoms with Gasteiger partial charge in [0.1, 0.15) is 0 Å². The summed E-state index contributed by atoms with van der Waals surface area (Å²) in [4.78, 5) is 8.76. The van der Waals surface area contributed by atoms with Gasteiger partial charge in [0.2, 0.25) is 0 Å². The predicted molar refractivity (Wildman–Crippen MR) is 62.7 cm³/mol. The van der Waals surface area contributed by atoms with Gasteiger partial charge in [0, 0.05) is 23.8 Å². The number of rotatable bonds is 3. The first-order valence-corrected chi connectivity index (χ1v) is 5.50. The van der Waals surface area contributed by atoms with Crippen LogP contribution in [0.5, 0.6) is 0 Å². The highest BCUT2D eigenvalue weighted by Gasteiger charge is 1.98. The minimum Gasteiger partial charge on any atom is -0.370 e. The molecule has 0 saturated heterocycles. The van der Waals surface area contributed by atoms with E-state index in [1.807, 2.05) is 19.0 Å². The third-order valence-corrected chi connectivity index (χ3v) is 3.14. The number of hydrogen-bond donors (Lipinski definition) is 1. The Kier molecular flexibility index (Phi) is 3.95. The van der Waals surface area contributed by atoms with Crippen molar-refractivity contribution >= 4 is 17.3 Å². The zero-order valence-electron chi connectivity index (χ0n) is 8.95. The molecule has 0 fully saturated rings. The summed E-state index contributed by atoms with van der Waals surface area (Å²) in [7, 11) is 3.79. The molecule has 3 nitrogen and oxygen atoms in total. The van der Waals surface area contributed by atoms with Gasteiger partial charge in [0.25, 0.3) is 0 Å². The molecule has 1 rings (SSSR count). The average molecular weight is 211 g/mol. The Morgan fingerprint density at radius 3 is 2.57 bits per heavy atom. The number of aryl methyl sites for hydroxylation is 1. The smallest absolute Gasteiger partial charge is 0.191 e. The van der Waals surface area contributed by atoms with Gasteiger partial charge in [-0.3, -0.25) is 0 Å². The highest BCUT2D eigenvalue weighted by Crippen LogP contribution is 2.17. The van der Waals surface area contributed by atoms with E-state index in [0.29, 0.717) is 12.5 Å². The summed E-state index contributed by atoms with van der Waals surface area (Å²) in [5, 5.41) is 0. The number of guanidine groups is 1. The van der Waals surface area contributed by atoms with Crippen LogP contribution < -0.4 is 5.73 Å². The Morgan fingerprint density at radius 1 is 1.43 bits per heavy atom. The Balaban J connectivity index is 2.57. The zero-order chi connectivity index (χ0) is 10.6. The summed E-state index contributed by atoms with van der Waals surface area (Å²) in [5.74, 6) is 0.580. The Bertz CT molecular complexity index is 315. The van der Waals surface area contributed by atoms with Crippen molar-refractivity contribution in [2.24, 2.45) is 10.7 Å². The first-order valence-electron chi connectivity index (χ1n) is 4.68. The highest BCUT2D eigenvalue weighted by atomic mass is 32.1. The molecule has 0 amide bonds. The maximum absolute atomic E-state index is 5.68. The van der Waals surface area contributed by atoms with Crippen LogP contribution in [-0.2, 0) is 13.0 Å². The molecule has 78 valence electrons. The summed E-state index contributed by atoms with van der Waals surface area (Å²) in [6.07, 6.45) is 1.09. The van der Waals surface area contributed by atoms with Crippen molar-refractivity contribution in [1.82, 2.24) is 4.90 Å². The van der Waals surface area contributed by atoms with Gasteiger partial charge in [0.05, 0.1) is 6.54 Å².